The van der Waals surface area contributed by atoms with Crippen LogP contribution in [0.5, 0.6) is 0 Å². The van der Waals surface area contributed by atoms with Crippen LogP contribution in [0, 0.1) is 0 Å². The molecule has 0 saturated carbocycles. The maximum atomic E-state index is 12.0. The number of rotatable bonds is 2. The van der Waals surface area contributed by atoms with Gasteiger partial charge in [0, 0.05) is 11.2 Å². The van der Waals surface area contributed by atoms with Crippen molar-refractivity contribution >= 4 is 34.7 Å². The third kappa shape index (κ3) is 2.60. The predicted octanol–water partition coefficient (Wildman–Crippen LogP) is 3.14. The minimum atomic E-state index is -0.210. The highest BCUT2D eigenvalue weighted by Gasteiger charge is 2.02. The van der Waals surface area contributed by atoms with Crippen LogP contribution < -0.4 is 5.56 Å². The van der Waals surface area contributed by atoms with Crippen LogP contribution >= 0.6 is 11.6 Å². The average molecular weight is 284 g/mol. The van der Waals surface area contributed by atoms with Gasteiger partial charge in [-0.05, 0) is 42.5 Å². The molecule has 0 spiro atoms. The fraction of sp³-hybridized carbons (Fsp3) is 0. The molecule has 0 atom stereocenters. The molecule has 0 amide bonds. The maximum Gasteiger partial charge on any atom is 0.259 e. The van der Waals surface area contributed by atoms with Gasteiger partial charge >= 0.3 is 0 Å². The molecular weight excluding hydrogens is 274 g/mol. The standard InChI is InChI=1S/C15H10ClN3O/c16-10-4-6-13-12(9-10)15(20)19-14(18-13)7-5-11-3-1-2-8-17-11/h1-9H,(H,18,19,20)/b7-5+. The Bertz CT molecular complexity index is 841. The monoisotopic (exact) mass is 283 g/mol. The van der Waals surface area contributed by atoms with Crippen molar-refractivity contribution in [1.29, 1.82) is 0 Å². The summed E-state index contributed by atoms with van der Waals surface area (Å²) >= 11 is 5.87. The van der Waals surface area contributed by atoms with E-state index >= 15 is 0 Å². The van der Waals surface area contributed by atoms with Gasteiger partial charge in [-0.25, -0.2) is 4.98 Å². The van der Waals surface area contributed by atoms with Crippen LogP contribution in [-0.4, -0.2) is 15.0 Å². The Morgan fingerprint density at radius 2 is 2.05 bits per heavy atom. The molecule has 2 aromatic heterocycles. The number of nitrogens with one attached hydrogen (secondary N) is 1. The summed E-state index contributed by atoms with van der Waals surface area (Å²) in [6.07, 6.45) is 5.22. The Labute approximate surface area is 119 Å². The molecule has 20 heavy (non-hydrogen) atoms. The van der Waals surface area contributed by atoms with Crippen LogP contribution in [0.3, 0.4) is 0 Å². The van der Waals surface area contributed by atoms with Crippen LogP contribution in [0.15, 0.2) is 47.4 Å². The first kappa shape index (κ1) is 12.6. The van der Waals surface area contributed by atoms with Gasteiger partial charge in [-0.15, -0.1) is 0 Å². The first-order chi connectivity index (χ1) is 9.72. The van der Waals surface area contributed by atoms with Crippen LogP contribution in [0.1, 0.15) is 11.5 Å². The molecule has 4 nitrogen and oxygen atoms in total. The van der Waals surface area contributed by atoms with Crippen molar-refractivity contribution < 1.29 is 0 Å². The van der Waals surface area contributed by atoms with E-state index in [-0.39, 0.29) is 5.56 Å². The second-order valence-electron chi connectivity index (χ2n) is 4.20. The zero-order valence-corrected chi connectivity index (χ0v) is 11.1. The van der Waals surface area contributed by atoms with Gasteiger partial charge in [0.2, 0.25) is 0 Å². The molecule has 0 aliphatic heterocycles. The first-order valence-corrected chi connectivity index (χ1v) is 6.39. The fourth-order valence-electron chi connectivity index (χ4n) is 1.85. The Hall–Kier alpha value is -2.46. The molecule has 0 radical (unpaired) electrons. The van der Waals surface area contributed by atoms with Gasteiger partial charge in [0.25, 0.3) is 5.56 Å². The second-order valence-corrected chi connectivity index (χ2v) is 4.64. The van der Waals surface area contributed by atoms with Gasteiger partial charge in [0.05, 0.1) is 16.6 Å². The van der Waals surface area contributed by atoms with E-state index in [0.29, 0.717) is 21.7 Å². The molecule has 2 heterocycles. The molecule has 0 saturated heterocycles. The molecule has 1 aromatic carbocycles. The van der Waals surface area contributed by atoms with Crippen LogP contribution in [0.25, 0.3) is 23.1 Å². The summed E-state index contributed by atoms with van der Waals surface area (Å²) in [6.45, 7) is 0. The minimum absolute atomic E-state index is 0.210. The number of fused-ring (bicyclic) bond motifs is 1. The van der Waals surface area contributed by atoms with Crippen molar-refractivity contribution in [2.45, 2.75) is 0 Å². The summed E-state index contributed by atoms with van der Waals surface area (Å²) in [7, 11) is 0. The Balaban J connectivity index is 2.03. The first-order valence-electron chi connectivity index (χ1n) is 6.01. The third-order valence-corrected chi connectivity index (χ3v) is 3.02. The topological polar surface area (TPSA) is 58.6 Å². The van der Waals surface area contributed by atoms with Crippen LogP contribution in [0.4, 0.5) is 0 Å². The van der Waals surface area contributed by atoms with E-state index in [0.717, 1.165) is 5.69 Å². The van der Waals surface area contributed by atoms with Crippen LogP contribution in [0.2, 0.25) is 5.02 Å². The third-order valence-electron chi connectivity index (χ3n) is 2.79. The van der Waals surface area contributed by atoms with Gasteiger partial charge in [-0.2, -0.15) is 0 Å². The normalized spacial score (nSPS) is 11.2. The van der Waals surface area contributed by atoms with Crippen LogP contribution in [-0.2, 0) is 0 Å². The summed E-state index contributed by atoms with van der Waals surface area (Å²) in [4.78, 5) is 23.2. The number of benzene rings is 1. The minimum Gasteiger partial charge on any atom is -0.306 e. The molecule has 3 aromatic rings. The van der Waals surface area contributed by atoms with E-state index in [2.05, 4.69) is 15.0 Å². The summed E-state index contributed by atoms with van der Waals surface area (Å²) in [5.41, 5.74) is 1.20. The summed E-state index contributed by atoms with van der Waals surface area (Å²) < 4.78 is 0. The molecule has 98 valence electrons. The van der Waals surface area contributed by atoms with E-state index < -0.39 is 0 Å². The van der Waals surface area contributed by atoms with Gasteiger partial charge in [0.15, 0.2) is 0 Å². The molecule has 0 aliphatic carbocycles. The van der Waals surface area contributed by atoms with Gasteiger partial charge < -0.3 is 4.98 Å². The van der Waals surface area contributed by atoms with Crippen molar-refractivity contribution in [3.8, 4) is 0 Å². The molecule has 0 aliphatic rings. The Kier molecular flexibility index (Phi) is 3.31. The van der Waals surface area contributed by atoms with E-state index in [1.807, 2.05) is 18.2 Å². The van der Waals surface area contributed by atoms with Gasteiger partial charge in [-0.1, -0.05) is 17.7 Å². The molecule has 0 fully saturated rings. The number of aromatic amines is 1. The molecule has 0 bridgehead atoms. The second kappa shape index (κ2) is 5.27. The number of hydrogen-bond acceptors (Lipinski definition) is 3. The maximum absolute atomic E-state index is 12.0. The van der Waals surface area contributed by atoms with E-state index in [4.69, 9.17) is 11.6 Å². The molecule has 1 N–H and O–H groups in total. The zero-order chi connectivity index (χ0) is 13.9. The SMILES string of the molecule is O=c1[nH]c(/C=C/c2ccccn2)nc2ccc(Cl)cc12. The zero-order valence-electron chi connectivity index (χ0n) is 10.4. The quantitative estimate of drug-likeness (QED) is 0.786. The van der Waals surface area contributed by atoms with E-state index in [1.165, 1.54) is 0 Å². The largest absolute Gasteiger partial charge is 0.306 e. The summed E-state index contributed by atoms with van der Waals surface area (Å²) in [5, 5.41) is 0.995. The number of halogens is 1. The van der Waals surface area contributed by atoms with Crippen molar-refractivity contribution in [3.63, 3.8) is 0 Å². The van der Waals surface area contributed by atoms with Gasteiger partial charge in [0.1, 0.15) is 5.82 Å². The molecular formula is C15H10ClN3O. The molecule has 0 unspecified atom stereocenters. The number of H-pyrrole nitrogens is 1. The van der Waals surface area contributed by atoms with Crippen molar-refractivity contribution in [2.24, 2.45) is 0 Å². The molecule has 3 rings (SSSR count). The Morgan fingerprint density at radius 3 is 2.85 bits per heavy atom. The highest BCUT2D eigenvalue weighted by atomic mass is 35.5. The number of hydrogen-bond donors (Lipinski definition) is 1. The van der Waals surface area contributed by atoms with Gasteiger partial charge in [-0.3, -0.25) is 9.78 Å². The summed E-state index contributed by atoms with van der Waals surface area (Å²) in [6, 6.07) is 10.7. The van der Waals surface area contributed by atoms with E-state index in [1.54, 1.807) is 36.5 Å². The predicted molar refractivity (Wildman–Crippen MR) is 80.5 cm³/mol. The molecule has 5 heteroatoms. The number of nitrogens with zero attached hydrogens (tertiary/aromatic N) is 2. The fourth-order valence-corrected chi connectivity index (χ4v) is 2.02. The average Bonchev–Trinajstić information content (AvgIpc) is 2.47. The lowest BCUT2D eigenvalue weighted by Gasteiger charge is -1.99. The Morgan fingerprint density at radius 1 is 1.15 bits per heavy atom. The van der Waals surface area contributed by atoms with Crippen molar-refractivity contribution in [1.82, 2.24) is 15.0 Å². The smallest absolute Gasteiger partial charge is 0.259 e. The number of aromatic nitrogens is 3. The van der Waals surface area contributed by atoms with E-state index in [9.17, 15) is 4.79 Å². The lowest BCUT2D eigenvalue weighted by Crippen LogP contribution is -2.09. The highest BCUT2D eigenvalue weighted by molar-refractivity contribution is 6.31. The van der Waals surface area contributed by atoms with Crippen molar-refractivity contribution in [3.05, 3.63) is 69.5 Å². The van der Waals surface area contributed by atoms with Crippen molar-refractivity contribution in [2.75, 3.05) is 0 Å². The highest BCUT2D eigenvalue weighted by Crippen LogP contribution is 2.14. The summed E-state index contributed by atoms with van der Waals surface area (Å²) in [5.74, 6) is 0.482. The lowest BCUT2D eigenvalue weighted by molar-refractivity contribution is 1.14. The lowest BCUT2D eigenvalue weighted by atomic mass is 10.2. The number of pyridine rings is 1.